The van der Waals surface area contributed by atoms with Gasteiger partial charge in [0.15, 0.2) is 6.29 Å². The predicted molar refractivity (Wildman–Crippen MR) is 43.2 cm³/mol. The van der Waals surface area contributed by atoms with Crippen molar-refractivity contribution in [2.24, 2.45) is 0 Å². The fourth-order valence-electron chi connectivity index (χ4n) is 0.687. The third kappa shape index (κ3) is 2.30. The fourth-order valence-corrected chi connectivity index (χ4v) is 0.687. The van der Waals surface area contributed by atoms with E-state index < -0.39 is 0 Å². The summed E-state index contributed by atoms with van der Waals surface area (Å²) >= 11 is 0. The molecule has 0 aromatic carbocycles. The molecule has 12 heavy (non-hydrogen) atoms. The fraction of sp³-hybridized carbons (Fsp3) is 0.375. The molecule has 4 heteroatoms. The van der Waals surface area contributed by atoms with Crippen LogP contribution in [0.5, 0.6) is 6.01 Å². The summed E-state index contributed by atoms with van der Waals surface area (Å²) in [5, 5.41) is 0. The molecule has 1 rings (SSSR count). The van der Waals surface area contributed by atoms with E-state index in [9.17, 15) is 4.79 Å². The van der Waals surface area contributed by atoms with Crippen molar-refractivity contribution in [2.75, 3.05) is 0 Å². The average Bonchev–Trinajstić information content (AvgIpc) is 2.03. The molecule has 0 aliphatic heterocycles. The number of nitrogens with zero attached hydrogens (tertiary/aromatic N) is 2. The van der Waals surface area contributed by atoms with Crippen LogP contribution in [0.3, 0.4) is 0 Å². The molecule has 0 aliphatic carbocycles. The Balaban J connectivity index is 2.79. The molecule has 1 heterocycles. The molecule has 0 fully saturated rings. The first-order valence-corrected chi connectivity index (χ1v) is 3.67. The number of aldehydes is 1. The molecule has 64 valence electrons. The van der Waals surface area contributed by atoms with Crippen LogP contribution in [-0.4, -0.2) is 22.4 Å². The van der Waals surface area contributed by atoms with Crippen molar-refractivity contribution in [3.05, 3.63) is 18.0 Å². The molecule has 0 unspecified atom stereocenters. The molecular weight excluding hydrogens is 156 g/mol. The minimum Gasteiger partial charge on any atom is -0.461 e. The Morgan fingerprint density at radius 2 is 2.33 bits per heavy atom. The lowest BCUT2D eigenvalue weighted by atomic mass is 10.4. The van der Waals surface area contributed by atoms with Gasteiger partial charge in [-0.2, -0.15) is 4.98 Å². The molecule has 0 bridgehead atoms. The number of aromatic nitrogens is 2. The Labute approximate surface area is 70.6 Å². The number of rotatable bonds is 3. The maximum Gasteiger partial charge on any atom is 0.317 e. The van der Waals surface area contributed by atoms with Crippen LogP contribution in [0.2, 0.25) is 0 Å². The molecule has 4 nitrogen and oxygen atoms in total. The van der Waals surface area contributed by atoms with E-state index in [2.05, 4.69) is 9.97 Å². The number of carbonyl (C=O) groups is 1. The molecule has 0 spiro atoms. The summed E-state index contributed by atoms with van der Waals surface area (Å²) in [5.41, 5.74) is 0.334. The lowest BCUT2D eigenvalue weighted by Crippen LogP contribution is -2.08. The largest absolute Gasteiger partial charge is 0.461 e. The van der Waals surface area contributed by atoms with E-state index >= 15 is 0 Å². The van der Waals surface area contributed by atoms with Crippen molar-refractivity contribution in [3.8, 4) is 6.01 Å². The van der Waals surface area contributed by atoms with Crippen LogP contribution >= 0.6 is 0 Å². The summed E-state index contributed by atoms with van der Waals surface area (Å²) in [4.78, 5) is 18.0. The molecule has 0 saturated carbocycles. The maximum absolute atomic E-state index is 10.3. The van der Waals surface area contributed by atoms with Gasteiger partial charge < -0.3 is 4.74 Å². The van der Waals surface area contributed by atoms with Gasteiger partial charge in [-0.3, -0.25) is 4.79 Å². The minimum atomic E-state index is 0.0203. The first kappa shape index (κ1) is 8.64. The van der Waals surface area contributed by atoms with Gasteiger partial charge in [-0.15, -0.1) is 0 Å². The van der Waals surface area contributed by atoms with Crippen molar-refractivity contribution in [3.63, 3.8) is 0 Å². The summed E-state index contributed by atoms with van der Waals surface area (Å²) in [5.74, 6) is 0. The number of carbonyl (C=O) groups excluding carboxylic acids is 1. The Hall–Kier alpha value is -1.45. The standard InChI is InChI=1S/C8H10N2O2/c1-6(2)12-8-9-4-3-7(5-11)10-8/h3-6H,1-2H3. The van der Waals surface area contributed by atoms with Crippen LogP contribution < -0.4 is 4.74 Å². The first-order chi connectivity index (χ1) is 5.72. The maximum atomic E-state index is 10.3. The second-order valence-corrected chi connectivity index (χ2v) is 2.55. The molecule has 0 amide bonds. The van der Waals surface area contributed by atoms with Crippen LogP contribution in [0.4, 0.5) is 0 Å². The highest BCUT2D eigenvalue weighted by molar-refractivity contribution is 5.71. The van der Waals surface area contributed by atoms with Gasteiger partial charge in [0.05, 0.1) is 6.10 Å². The molecule has 1 aromatic rings. The van der Waals surface area contributed by atoms with Gasteiger partial charge in [0.25, 0.3) is 0 Å². The summed E-state index contributed by atoms with van der Waals surface area (Å²) in [7, 11) is 0. The third-order valence-corrected chi connectivity index (χ3v) is 1.12. The average molecular weight is 166 g/mol. The zero-order chi connectivity index (χ0) is 8.97. The highest BCUT2D eigenvalue weighted by atomic mass is 16.5. The summed E-state index contributed by atoms with van der Waals surface area (Å²) < 4.78 is 5.18. The van der Waals surface area contributed by atoms with Gasteiger partial charge in [-0.25, -0.2) is 4.98 Å². The Bertz CT molecular complexity index is 274. The van der Waals surface area contributed by atoms with Crippen LogP contribution in [0.1, 0.15) is 24.3 Å². The molecule has 0 aliphatic rings. The van der Waals surface area contributed by atoms with Crippen molar-refractivity contribution in [1.82, 2.24) is 9.97 Å². The minimum absolute atomic E-state index is 0.0203. The molecule has 1 aromatic heterocycles. The van der Waals surface area contributed by atoms with E-state index in [1.54, 1.807) is 0 Å². The van der Waals surface area contributed by atoms with Crippen molar-refractivity contribution >= 4 is 6.29 Å². The predicted octanol–water partition coefficient (Wildman–Crippen LogP) is 1.08. The van der Waals surface area contributed by atoms with Gasteiger partial charge in [-0.05, 0) is 19.9 Å². The Morgan fingerprint density at radius 1 is 1.58 bits per heavy atom. The second-order valence-electron chi connectivity index (χ2n) is 2.55. The first-order valence-electron chi connectivity index (χ1n) is 3.67. The highest BCUT2D eigenvalue weighted by Gasteiger charge is 2.00. The lowest BCUT2D eigenvalue weighted by molar-refractivity contribution is 0.111. The quantitative estimate of drug-likeness (QED) is 0.630. The topological polar surface area (TPSA) is 52.1 Å². The van der Waals surface area contributed by atoms with Crippen molar-refractivity contribution < 1.29 is 9.53 Å². The Kier molecular flexibility index (Phi) is 2.74. The summed E-state index contributed by atoms with van der Waals surface area (Å²) in [6.45, 7) is 3.74. The highest BCUT2D eigenvalue weighted by Crippen LogP contribution is 2.03. The van der Waals surface area contributed by atoms with Crippen LogP contribution in [-0.2, 0) is 0 Å². The number of ether oxygens (including phenoxy) is 1. The number of hydrogen-bond donors (Lipinski definition) is 0. The SMILES string of the molecule is CC(C)Oc1nccc(C=O)n1. The van der Waals surface area contributed by atoms with Gasteiger partial charge >= 0.3 is 6.01 Å². The number of hydrogen-bond acceptors (Lipinski definition) is 4. The zero-order valence-electron chi connectivity index (χ0n) is 7.02. The van der Waals surface area contributed by atoms with Crippen LogP contribution in [0.25, 0.3) is 0 Å². The summed E-state index contributed by atoms with van der Waals surface area (Å²) in [6, 6.07) is 1.77. The van der Waals surface area contributed by atoms with Crippen molar-refractivity contribution in [1.29, 1.82) is 0 Å². The van der Waals surface area contributed by atoms with E-state index in [1.165, 1.54) is 12.3 Å². The normalized spacial score (nSPS) is 9.92. The third-order valence-electron chi connectivity index (χ3n) is 1.12. The molecule has 0 radical (unpaired) electrons. The van der Waals surface area contributed by atoms with Crippen LogP contribution in [0, 0.1) is 0 Å². The lowest BCUT2D eigenvalue weighted by Gasteiger charge is -2.06. The smallest absolute Gasteiger partial charge is 0.317 e. The van der Waals surface area contributed by atoms with E-state index in [1.807, 2.05) is 13.8 Å². The van der Waals surface area contributed by atoms with E-state index in [4.69, 9.17) is 4.74 Å². The second kappa shape index (κ2) is 3.80. The van der Waals surface area contributed by atoms with Gasteiger partial charge in [0, 0.05) is 6.20 Å². The van der Waals surface area contributed by atoms with Crippen LogP contribution in [0.15, 0.2) is 12.3 Å². The van der Waals surface area contributed by atoms with E-state index in [0.717, 1.165) is 0 Å². The molecule has 0 saturated heterocycles. The molecule has 0 atom stereocenters. The van der Waals surface area contributed by atoms with E-state index in [0.29, 0.717) is 12.0 Å². The summed E-state index contributed by atoms with van der Waals surface area (Å²) in [6.07, 6.45) is 2.18. The van der Waals surface area contributed by atoms with Gasteiger partial charge in [0.2, 0.25) is 0 Å². The van der Waals surface area contributed by atoms with Crippen molar-refractivity contribution in [2.45, 2.75) is 20.0 Å². The molecular formula is C8H10N2O2. The zero-order valence-corrected chi connectivity index (χ0v) is 7.02. The monoisotopic (exact) mass is 166 g/mol. The van der Waals surface area contributed by atoms with E-state index in [-0.39, 0.29) is 12.1 Å². The van der Waals surface area contributed by atoms with Gasteiger partial charge in [0.1, 0.15) is 5.69 Å². The Morgan fingerprint density at radius 3 is 2.92 bits per heavy atom. The molecule has 0 N–H and O–H groups in total. The van der Waals surface area contributed by atoms with Gasteiger partial charge in [-0.1, -0.05) is 0 Å².